The van der Waals surface area contributed by atoms with Crippen molar-refractivity contribution in [3.05, 3.63) is 34.8 Å². The van der Waals surface area contributed by atoms with E-state index < -0.39 is 23.2 Å². The van der Waals surface area contributed by atoms with Crippen LogP contribution in [0.5, 0.6) is 0 Å². The fraction of sp³-hybridized carbons (Fsp3) is 0.182. The number of carbonyl (C=O) groups is 1. The minimum absolute atomic E-state index is 0.0163. The monoisotopic (exact) mass is 301 g/mol. The maximum absolute atomic E-state index is 13.3. The van der Waals surface area contributed by atoms with Gasteiger partial charge in [-0.05, 0) is 19.1 Å². The van der Waals surface area contributed by atoms with Crippen molar-refractivity contribution in [1.29, 1.82) is 0 Å². The van der Waals surface area contributed by atoms with Crippen LogP contribution in [0.2, 0.25) is 0 Å². The van der Waals surface area contributed by atoms with Crippen molar-refractivity contribution < 1.29 is 13.6 Å². The molecule has 0 unspecified atom stereocenters. The van der Waals surface area contributed by atoms with Crippen LogP contribution in [0, 0.1) is 18.6 Å². The molecule has 0 aliphatic carbocycles. The van der Waals surface area contributed by atoms with Crippen LogP contribution in [0.15, 0.2) is 22.5 Å². The molecule has 1 heterocycles. The van der Waals surface area contributed by atoms with Crippen molar-refractivity contribution in [2.24, 2.45) is 0 Å². The average Bonchev–Trinajstić information content (AvgIpc) is 2.77. The molecule has 0 bridgehead atoms. The Bertz CT molecular complexity index is 583. The van der Waals surface area contributed by atoms with Crippen molar-refractivity contribution in [3.63, 3.8) is 0 Å². The first-order chi connectivity index (χ1) is 9.06. The molecule has 1 N–H and O–H groups in total. The van der Waals surface area contributed by atoms with Crippen molar-refractivity contribution in [2.75, 3.05) is 11.1 Å². The molecule has 0 fully saturated rings. The number of aromatic nitrogens is 2. The number of nitrogens with zero attached hydrogens (tertiary/aromatic N) is 2. The van der Waals surface area contributed by atoms with Crippen molar-refractivity contribution in [1.82, 2.24) is 10.2 Å². The number of thioether (sulfide) groups is 1. The van der Waals surface area contributed by atoms with Crippen LogP contribution < -0.4 is 5.32 Å². The Morgan fingerprint density at radius 1 is 1.37 bits per heavy atom. The Hall–Kier alpha value is -1.54. The number of anilines is 1. The van der Waals surface area contributed by atoms with Gasteiger partial charge >= 0.3 is 0 Å². The fourth-order valence-electron chi connectivity index (χ4n) is 1.26. The third-order valence-electron chi connectivity index (χ3n) is 2.06. The number of hydrogen-bond donors (Lipinski definition) is 1. The Morgan fingerprint density at radius 3 is 2.63 bits per heavy atom. The summed E-state index contributed by atoms with van der Waals surface area (Å²) in [6.45, 7) is 1.80. The number of benzene rings is 1. The molecule has 1 aromatic carbocycles. The van der Waals surface area contributed by atoms with Crippen LogP contribution in [0.4, 0.5) is 14.5 Å². The van der Waals surface area contributed by atoms with E-state index in [9.17, 15) is 13.6 Å². The van der Waals surface area contributed by atoms with Crippen LogP contribution >= 0.6 is 23.1 Å². The molecular weight excluding hydrogens is 292 g/mol. The zero-order valence-electron chi connectivity index (χ0n) is 9.81. The minimum Gasteiger partial charge on any atom is -0.320 e. The molecule has 8 heteroatoms. The van der Waals surface area contributed by atoms with Gasteiger partial charge in [-0.1, -0.05) is 29.2 Å². The molecular formula is C11H9F2N3OS2. The lowest BCUT2D eigenvalue weighted by molar-refractivity contribution is -0.113. The summed E-state index contributed by atoms with van der Waals surface area (Å²) in [7, 11) is 0. The number of hydrogen-bond acceptors (Lipinski definition) is 5. The van der Waals surface area contributed by atoms with Gasteiger partial charge in [0.25, 0.3) is 0 Å². The van der Waals surface area contributed by atoms with E-state index in [0.717, 1.165) is 17.1 Å². The van der Waals surface area contributed by atoms with Crippen LogP contribution in [0.25, 0.3) is 0 Å². The third kappa shape index (κ3) is 3.71. The lowest BCUT2D eigenvalue weighted by Gasteiger charge is -2.06. The normalized spacial score (nSPS) is 10.5. The number of nitrogens with one attached hydrogen (secondary N) is 1. The maximum atomic E-state index is 13.3. The third-order valence-corrected chi connectivity index (χ3v) is 4.03. The van der Waals surface area contributed by atoms with Gasteiger partial charge in [0.1, 0.15) is 22.3 Å². The van der Waals surface area contributed by atoms with Gasteiger partial charge in [0.05, 0.1) is 5.75 Å². The van der Waals surface area contributed by atoms with Crippen LogP contribution in [-0.4, -0.2) is 21.9 Å². The van der Waals surface area contributed by atoms with Gasteiger partial charge in [-0.2, -0.15) is 0 Å². The molecule has 19 heavy (non-hydrogen) atoms. The quantitative estimate of drug-likeness (QED) is 0.882. The first-order valence-electron chi connectivity index (χ1n) is 5.23. The Morgan fingerprint density at radius 2 is 2.05 bits per heavy atom. The summed E-state index contributed by atoms with van der Waals surface area (Å²) in [6, 6.07) is 3.40. The van der Waals surface area contributed by atoms with E-state index in [1.165, 1.54) is 29.2 Å². The first-order valence-corrected chi connectivity index (χ1v) is 7.03. The second-order valence-corrected chi connectivity index (χ2v) is 5.92. The van der Waals surface area contributed by atoms with Crippen LogP contribution in [0.1, 0.15) is 5.01 Å². The van der Waals surface area contributed by atoms with E-state index in [1.807, 2.05) is 0 Å². The van der Waals surface area contributed by atoms with Crippen molar-refractivity contribution in [2.45, 2.75) is 11.3 Å². The zero-order valence-corrected chi connectivity index (χ0v) is 11.4. The minimum atomic E-state index is -0.801. The second kappa shape index (κ2) is 6.07. The van der Waals surface area contributed by atoms with E-state index in [1.54, 1.807) is 6.92 Å². The summed E-state index contributed by atoms with van der Waals surface area (Å²) in [4.78, 5) is 11.6. The smallest absolute Gasteiger partial charge is 0.234 e. The Kier molecular flexibility index (Phi) is 4.43. The number of aryl methyl sites for hydroxylation is 1. The molecule has 0 radical (unpaired) electrons. The van der Waals surface area contributed by atoms with Gasteiger partial charge in [-0.25, -0.2) is 8.78 Å². The van der Waals surface area contributed by atoms with Crippen LogP contribution in [0.3, 0.4) is 0 Å². The highest BCUT2D eigenvalue weighted by molar-refractivity contribution is 8.01. The summed E-state index contributed by atoms with van der Waals surface area (Å²) < 4.78 is 27.2. The van der Waals surface area contributed by atoms with Gasteiger partial charge in [0.15, 0.2) is 4.34 Å². The SMILES string of the molecule is Cc1nnc(SCC(=O)Nc2c(F)cccc2F)s1. The van der Waals surface area contributed by atoms with Crippen molar-refractivity contribution in [3.8, 4) is 0 Å². The predicted molar refractivity (Wildman–Crippen MR) is 70.4 cm³/mol. The molecule has 100 valence electrons. The lowest BCUT2D eigenvalue weighted by atomic mass is 10.3. The Balaban J connectivity index is 1.94. The highest BCUT2D eigenvalue weighted by Crippen LogP contribution is 2.23. The van der Waals surface area contributed by atoms with Gasteiger partial charge in [0, 0.05) is 0 Å². The molecule has 0 spiro atoms. The molecule has 0 saturated heterocycles. The fourth-order valence-corrected chi connectivity index (χ4v) is 2.87. The van der Waals surface area contributed by atoms with Gasteiger partial charge in [0.2, 0.25) is 5.91 Å². The van der Waals surface area contributed by atoms with E-state index in [4.69, 9.17) is 0 Å². The molecule has 1 amide bonds. The number of carbonyl (C=O) groups excluding carboxylic acids is 1. The molecule has 0 saturated carbocycles. The molecule has 4 nitrogen and oxygen atoms in total. The molecule has 0 aliphatic heterocycles. The molecule has 0 atom stereocenters. The molecule has 2 rings (SSSR count). The number of rotatable bonds is 4. The summed E-state index contributed by atoms with van der Waals surface area (Å²) in [5, 5.41) is 10.6. The lowest BCUT2D eigenvalue weighted by Crippen LogP contribution is -2.16. The Labute approximate surface area is 116 Å². The summed E-state index contributed by atoms with van der Waals surface area (Å²) >= 11 is 2.52. The van der Waals surface area contributed by atoms with E-state index in [0.29, 0.717) is 4.34 Å². The predicted octanol–water partition coefficient (Wildman–Crippen LogP) is 2.86. The van der Waals surface area contributed by atoms with Crippen LogP contribution in [-0.2, 0) is 4.79 Å². The highest BCUT2D eigenvalue weighted by atomic mass is 32.2. The van der Waals surface area contributed by atoms with Gasteiger partial charge < -0.3 is 5.32 Å². The zero-order chi connectivity index (χ0) is 13.8. The first kappa shape index (κ1) is 13.9. The topological polar surface area (TPSA) is 54.9 Å². The van der Waals surface area contributed by atoms with E-state index in [2.05, 4.69) is 15.5 Å². The summed E-state index contributed by atoms with van der Waals surface area (Å²) in [5.41, 5.74) is -0.429. The van der Waals surface area contributed by atoms with Gasteiger partial charge in [-0.15, -0.1) is 10.2 Å². The number of halogens is 2. The highest BCUT2D eigenvalue weighted by Gasteiger charge is 2.12. The molecule has 1 aromatic heterocycles. The standard InChI is InChI=1S/C11H9F2N3OS2/c1-6-15-16-11(19-6)18-5-9(17)14-10-7(12)3-2-4-8(10)13/h2-4H,5H2,1H3,(H,14,17). The molecule has 0 aliphatic rings. The summed E-state index contributed by atoms with van der Waals surface area (Å²) in [6.07, 6.45) is 0. The maximum Gasteiger partial charge on any atom is 0.234 e. The number of amides is 1. The van der Waals surface area contributed by atoms with Gasteiger partial charge in [-0.3, -0.25) is 4.79 Å². The largest absolute Gasteiger partial charge is 0.320 e. The number of para-hydroxylation sites is 1. The second-order valence-electron chi connectivity index (χ2n) is 3.52. The van der Waals surface area contributed by atoms with E-state index >= 15 is 0 Å². The molecule has 2 aromatic rings. The summed E-state index contributed by atoms with van der Waals surface area (Å²) in [5.74, 6) is -2.08. The van der Waals surface area contributed by atoms with E-state index in [-0.39, 0.29) is 5.75 Å². The average molecular weight is 301 g/mol. The van der Waals surface area contributed by atoms with Crippen molar-refractivity contribution >= 4 is 34.7 Å².